The third kappa shape index (κ3) is 2.45. The van der Waals surface area contributed by atoms with Crippen molar-refractivity contribution in [3.8, 4) is 0 Å². The third-order valence-electron chi connectivity index (χ3n) is 3.79. The summed E-state index contributed by atoms with van der Waals surface area (Å²) in [6.07, 6.45) is 14.5. The van der Waals surface area contributed by atoms with E-state index in [-0.39, 0.29) is 0 Å². The predicted molar refractivity (Wildman–Crippen MR) is 71.4 cm³/mol. The largest absolute Gasteiger partial charge is 0.330 e. The topological polar surface area (TPSA) is 30.7 Å². The molecule has 1 fully saturated rings. The minimum Gasteiger partial charge on any atom is -0.330 e. The standard InChI is InChI=1S/C15H19N3/c1-2-6-14(7-3-1)15-17-9-10-18(15)12-13-5-4-8-16-11-13/h4-5,8-11,14H,1-3,6-7,12H2. The van der Waals surface area contributed by atoms with Crippen molar-refractivity contribution in [1.82, 2.24) is 14.5 Å². The molecule has 2 heterocycles. The Bertz CT molecular complexity index is 483. The van der Waals surface area contributed by atoms with Crippen LogP contribution in [0.3, 0.4) is 0 Å². The maximum atomic E-state index is 4.58. The number of hydrogen-bond donors (Lipinski definition) is 0. The summed E-state index contributed by atoms with van der Waals surface area (Å²) in [6, 6.07) is 4.12. The van der Waals surface area contributed by atoms with E-state index in [1.165, 1.54) is 43.5 Å². The van der Waals surface area contributed by atoms with Crippen LogP contribution in [0.5, 0.6) is 0 Å². The Hall–Kier alpha value is -1.64. The molecule has 2 aromatic heterocycles. The van der Waals surface area contributed by atoms with Gasteiger partial charge in [0.25, 0.3) is 0 Å². The van der Waals surface area contributed by atoms with Gasteiger partial charge in [-0.1, -0.05) is 25.3 Å². The fourth-order valence-corrected chi connectivity index (χ4v) is 2.86. The molecule has 0 bridgehead atoms. The summed E-state index contributed by atoms with van der Waals surface area (Å²) in [5, 5.41) is 0. The summed E-state index contributed by atoms with van der Waals surface area (Å²) in [7, 11) is 0. The highest BCUT2D eigenvalue weighted by molar-refractivity contribution is 5.12. The second-order valence-electron chi connectivity index (χ2n) is 5.11. The number of hydrogen-bond acceptors (Lipinski definition) is 2. The third-order valence-corrected chi connectivity index (χ3v) is 3.79. The molecule has 0 aliphatic heterocycles. The van der Waals surface area contributed by atoms with Crippen molar-refractivity contribution >= 4 is 0 Å². The van der Waals surface area contributed by atoms with Crippen LogP contribution >= 0.6 is 0 Å². The minimum atomic E-state index is 0.658. The fraction of sp³-hybridized carbons (Fsp3) is 0.467. The number of pyridine rings is 1. The van der Waals surface area contributed by atoms with E-state index in [1.807, 2.05) is 24.7 Å². The van der Waals surface area contributed by atoms with Crippen LogP contribution in [0.25, 0.3) is 0 Å². The van der Waals surface area contributed by atoms with Gasteiger partial charge in [0.2, 0.25) is 0 Å². The van der Waals surface area contributed by atoms with E-state index in [1.54, 1.807) is 0 Å². The van der Waals surface area contributed by atoms with E-state index in [0.29, 0.717) is 5.92 Å². The monoisotopic (exact) mass is 241 g/mol. The molecule has 0 atom stereocenters. The first-order chi connectivity index (χ1) is 8.93. The summed E-state index contributed by atoms with van der Waals surface area (Å²) >= 11 is 0. The van der Waals surface area contributed by atoms with Gasteiger partial charge in [-0.15, -0.1) is 0 Å². The Kier molecular flexibility index (Phi) is 3.40. The smallest absolute Gasteiger partial charge is 0.112 e. The molecule has 1 saturated carbocycles. The molecule has 3 heteroatoms. The van der Waals surface area contributed by atoms with Crippen molar-refractivity contribution in [3.63, 3.8) is 0 Å². The normalized spacial score (nSPS) is 16.9. The first-order valence-corrected chi connectivity index (χ1v) is 6.83. The Labute approximate surface area is 108 Å². The first-order valence-electron chi connectivity index (χ1n) is 6.83. The lowest BCUT2D eigenvalue weighted by molar-refractivity contribution is 0.418. The quantitative estimate of drug-likeness (QED) is 0.824. The number of nitrogens with zero attached hydrogens (tertiary/aromatic N) is 3. The maximum absolute atomic E-state index is 4.58. The number of imidazole rings is 1. The highest BCUT2D eigenvalue weighted by Crippen LogP contribution is 2.31. The van der Waals surface area contributed by atoms with Gasteiger partial charge in [-0.05, 0) is 24.5 Å². The summed E-state index contributed by atoms with van der Waals surface area (Å²) in [5.41, 5.74) is 1.24. The molecule has 0 aromatic carbocycles. The van der Waals surface area contributed by atoms with E-state index < -0.39 is 0 Å². The van der Waals surface area contributed by atoms with Gasteiger partial charge in [-0.2, -0.15) is 0 Å². The van der Waals surface area contributed by atoms with Crippen LogP contribution in [-0.4, -0.2) is 14.5 Å². The molecule has 0 N–H and O–H groups in total. The van der Waals surface area contributed by atoms with Crippen molar-refractivity contribution in [3.05, 3.63) is 48.3 Å². The summed E-state index contributed by atoms with van der Waals surface area (Å²) in [6.45, 7) is 0.889. The molecule has 0 saturated heterocycles. The Morgan fingerprint density at radius 3 is 2.83 bits per heavy atom. The second-order valence-corrected chi connectivity index (χ2v) is 5.11. The van der Waals surface area contributed by atoms with Crippen LogP contribution in [0.15, 0.2) is 36.9 Å². The second kappa shape index (κ2) is 5.34. The molecule has 1 aliphatic carbocycles. The molecule has 18 heavy (non-hydrogen) atoms. The zero-order valence-corrected chi connectivity index (χ0v) is 10.6. The van der Waals surface area contributed by atoms with Gasteiger partial charge in [0.05, 0.1) is 6.54 Å². The summed E-state index contributed by atoms with van der Waals surface area (Å²) < 4.78 is 2.28. The Morgan fingerprint density at radius 2 is 2.06 bits per heavy atom. The van der Waals surface area contributed by atoms with Gasteiger partial charge in [0.15, 0.2) is 0 Å². The highest BCUT2D eigenvalue weighted by atomic mass is 15.1. The summed E-state index contributed by atoms with van der Waals surface area (Å²) in [4.78, 5) is 8.75. The molecule has 3 nitrogen and oxygen atoms in total. The van der Waals surface area contributed by atoms with Gasteiger partial charge >= 0.3 is 0 Å². The van der Waals surface area contributed by atoms with Crippen LogP contribution in [-0.2, 0) is 6.54 Å². The molecular weight excluding hydrogens is 222 g/mol. The van der Waals surface area contributed by atoms with Crippen molar-refractivity contribution in [2.45, 2.75) is 44.6 Å². The molecule has 1 aliphatic rings. The number of rotatable bonds is 3. The lowest BCUT2D eigenvalue weighted by Gasteiger charge is -2.22. The van der Waals surface area contributed by atoms with Crippen LogP contribution in [0.1, 0.15) is 49.4 Å². The lowest BCUT2D eigenvalue weighted by Crippen LogP contribution is -2.12. The van der Waals surface area contributed by atoms with Gasteiger partial charge < -0.3 is 4.57 Å². The molecule has 0 unspecified atom stereocenters. The zero-order valence-electron chi connectivity index (χ0n) is 10.6. The molecule has 3 rings (SSSR count). The van der Waals surface area contributed by atoms with Crippen molar-refractivity contribution in [2.24, 2.45) is 0 Å². The van der Waals surface area contributed by atoms with Crippen molar-refractivity contribution in [1.29, 1.82) is 0 Å². The van der Waals surface area contributed by atoms with Crippen molar-refractivity contribution < 1.29 is 0 Å². The lowest BCUT2D eigenvalue weighted by atomic mass is 9.88. The van der Waals surface area contributed by atoms with Gasteiger partial charge in [0, 0.05) is 30.7 Å². The van der Waals surface area contributed by atoms with Crippen LogP contribution in [0.4, 0.5) is 0 Å². The van der Waals surface area contributed by atoms with E-state index in [4.69, 9.17) is 0 Å². The van der Waals surface area contributed by atoms with Crippen LogP contribution < -0.4 is 0 Å². The predicted octanol–water partition coefficient (Wildman–Crippen LogP) is 3.37. The van der Waals surface area contributed by atoms with E-state index in [0.717, 1.165) is 6.54 Å². The fourth-order valence-electron chi connectivity index (χ4n) is 2.86. The number of aromatic nitrogens is 3. The van der Waals surface area contributed by atoms with E-state index in [2.05, 4.69) is 26.8 Å². The zero-order chi connectivity index (χ0) is 12.2. The minimum absolute atomic E-state index is 0.658. The average molecular weight is 241 g/mol. The van der Waals surface area contributed by atoms with Crippen LogP contribution in [0, 0.1) is 0 Å². The maximum Gasteiger partial charge on any atom is 0.112 e. The van der Waals surface area contributed by atoms with Gasteiger partial charge in [-0.3, -0.25) is 4.98 Å². The SMILES string of the molecule is c1cncc(Cn2ccnc2C2CCCCC2)c1. The molecule has 0 amide bonds. The highest BCUT2D eigenvalue weighted by Gasteiger charge is 2.19. The van der Waals surface area contributed by atoms with Gasteiger partial charge in [-0.25, -0.2) is 4.98 Å². The first kappa shape index (κ1) is 11.5. The Morgan fingerprint density at radius 1 is 1.17 bits per heavy atom. The van der Waals surface area contributed by atoms with E-state index in [9.17, 15) is 0 Å². The summed E-state index contributed by atoms with van der Waals surface area (Å²) in [5.74, 6) is 1.92. The molecule has 94 valence electrons. The molecular formula is C15H19N3. The van der Waals surface area contributed by atoms with Crippen molar-refractivity contribution in [2.75, 3.05) is 0 Å². The van der Waals surface area contributed by atoms with Gasteiger partial charge in [0.1, 0.15) is 5.82 Å². The van der Waals surface area contributed by atoms with Crippen LogP contribution in [0.2, 0.25) is 0 Å². The molecule has 0 spiro atoms. The molecule has 2 aromatic rings. The Balaban J connectivity index is 1.78. The molecule has 0 radical (unpaired) electrons. The average Bonchev–Trinajstić information content (AvgIpc) is 2.89. The van der Waals surface area contributed by atoms with E-state index >= 15 is 0 Å².